The highest BCUT2D eigenvalue weighted by atomic mass is 35.5. The highest BCUT2D eigenvalue weighted by Crippen LogP contribution is 2.08. The normalized spacial score (nSPS) is 9.64. The van der Waals surface area contributed by atoms with Gasteiger partial charge in [0, 0.05) is 6.20 Å². The van der Waals surface area contributed by atoms with E-state index in [2.05, 4.69) is 9.97 Å². The molecule has 11 heavy (non-hydrogen) atoms. The summed E-state index contributed by atoms with van der Waals surface area (Å²) in [5, 5.41) is 0.0532. The minimum Gasteiger partial charge on any atom is -0.364 e. The molecule has 0 bridgehead atoms. The van der Waals surface area contributed by atoms with Gasteiger partial charge in [0.1, 0.15) is 0 Å². The predicted molar refractivity (Wildman–Crippen MR) is 40.3 cm³/mol. The first-order chi connectivity index (χ1) is 5.11. The van der Waals surface area contributed by atoms with Crippen LogP contribution >= 0.6 is 11.6 Å². The molecule has 0 aliphatic heterocycles. The summed E-state index contributed by atoms with van der Waals surface area (Å²) in [6, 6.07) is 0. The highest BCUT2D eigenvalue weighted by molar-refractivity contribution is 6.32. The van der Waals surface area contributed by atoms with Gasteiger partial charge in [-0.3, -0.25) is 4.79 Å². The molecule has 0 unspecified atom stereocenters. The second-order valence-electron chi connectivity index (χ2n) is 2.02. The van der Waals surface area contributed by atoms with Crippen LogP contribution in [0, 0.1) is 6.92 Å². The van der Waals surface area contributed by atoms with E-state index in [0.717, 1.165) is 0 Å². The summed E-state index contributed by atoms with van der Waals surface area (Å²) >= 11 is 5.55. The third-order valence-electron chi connectivity index (χ3n) is 1.08. The molecular formula is C6H6ClN3O. The highest BCUT2D eigenvalue weighted by Gasteiger charge is 2.08. The number of hydrogen-bond acceptors (Lipinski definition) is 3. The van der Waals surface area contributed by atoms with Crippen LogP contribution in [0.25, 0.3) is 0 Å². The summed E-state index contributed by atoms with van der Waals surface area (Å²) in [6.45, 7) is 1.73. The summed E-state index contributed by atoms with van der Waals surface area (Å²) in [7, 11) is 0. The van der Waals surface area contributed by atoms with Crippen LogP contribution in [0.1, 0.15) is 16.2 Å². The molecule has 0 saturated carbocycles. The van der Waals surface area contributed by atoms with Crippen molar-refractivity contribution in [3.63, 3.8) is 0 Å². The number of nitrogens with two attached hydrogens (primary N) is 1. The number of aryl methyl sites for hydroxylation is 1. The number of primary amides is 1. The number of hydrogen-bond donors (Lipinski definition) is 1. The molecule has 5 heteroatoms. The van der Waals surface area contributed by atoms with Crippen molar-refractivity contribution in [2.24, 2.45) is 5.73 Å². The summed E-state index contributed by atoms with van der Waals surface area (Å²) in [5.41, 5.74) is 5.60. The molecule has 0 aliphatic carbocycles. The second-order valence-corrected chi connectivity index (χ2v) is 2.37. The molecule has 1 aromatic rings. The molecule has 2 N–H and O–H groups in total. The van der Waals surface area contributed by atoms with Gasteiger partial charge >= 0.3 is 0 Å². The van der Waals surface area contributed by atoms with Crippen molar-refractivity contribution in [2.45, 2.75) is 6.92 Å². The Morgan fingerprint density at radius 3 is 2.82 bits per heavy atom. The predicted octanol–water partition coefficient (Wildman–Crippen LogP) is 0.537. The Hall–Kier alpha value is -1.16. The van der Waals surface area contributed by atoms with Crippen LogP contribution in [0.5, 0.6) is 0 Å². The van der Waals surface area contributed by atoms with Gasteiger partial charge < -0.3 is 5.73 Å². The van der Waals surface area contributed by atoms with Crippen molar-refractivity contribution in [3.8, 4) is 0 Å². The maximum atomic E-state index is 10.6. The molecule has 0 spiro atoms. The third-order valence-corrected chi connectivity index (χ3v) is 1.35. The second kappa shape index (κ2) is 2.84. The first kappa shape index (κ1) is 7.94. The van der Waals surface area contributed by atoms with E-state index in [1.165, 1.54) is 6.20 Å². The fourth-order valence-corrected chi connectivity index (χ4v) is 0.888. The van der Waals surface area contributed by atoms with E-state index < -0.39 is 5.91 Å². The molecule has 1 amide bonds. The lowest BCUT2D eigenvalue weighted by Gasteiger charge is -1.97. The average molecular weight is 172 g/mol. The Morgan fingerprint density at radius 2 is 2.36 bits per heavy atom. The molecular weight excluding hydrogens is 166 g/mol. The fourth-order valence-electron chi connectivity index (χ4n) is 0.613. The van der Waals surface area contributed by atoms with Crippen molar-refractivity contribution in [3.05, 3.63) is 22.7 Å². The van der Waals surface area contributed by atoms with E-state index in [0.29, 0.717) is 5.69 Å². The maximum Gasteiger partial charge on any atom is 0.270 e. The SMILES string of the molecule is Cc1cnc(C(N)=O)c(Cl)n1. The van der Waals surface area contributed by atoms with Crippen LogP contribution < -0.4 is 5.73 Å². The van der Waals surface area contributed by atoms with Gasteiger partial charge in [-0.2, -0.15) is 0 Å². The first-order valence-corrected chi connectivity index (χ1v) is 3.28. The molecule has 58 valence electrons. The van der Waals surface area contributed by atoms with E-state index in [1.54, 1.807) is 6.92 Å². The first-order valence-electron chi connectivity index (χ1n) is 2.90. The molecule has 0 radical (unpaired) electrons. The number of halogens is 1. The van der Waals surface area contributed by atoms with E-state index in [-0.39, 0.29) is 10.8 Å². The van der Waals surface area contributed by atoms with Crippen LogP contribution in [-0.4, -0.2) is 15.9 Å². The molecule has 1 rings (SSSR count). The fraction of sp³-hybridized carbons (Fsp3) is 0.167. The van der Waals surface area contributed by atoms with Crippen molar-refractivity contribution in [1.29, 1.82) is 0 Å². The monoisotopic (exact) mass is 171 g/mol. The van der Waals surface area contributed by atoms with E-state index >= 15 is 0 Å². The van der Waals surface area contributed by atoms with E-state index in [9.17, 15) is 4.79 Å². The molecule has 0 aliphatic rings. The summed E-state index contributed by atoms with van der Waals surface area (Å²) in [4.78, 5) is 18.1. The van der Waals surface area contributed by atoms with Gasteiger partial charge in [-0.15, -0.1) is 0 Å². The van der Waals surface area contributed by atoms with Gasteiger partial charge in [0.05, 0.1) is 5.69 Å². The lowest BCUT2D eigenvalue weighted by atomic mass is 10.4. The Bertz CT molecular complexity index is 300. The largest absolute Gasteiger partial charge is 0.364 e. The Kier molecular flexibility index (Phi) is 2.05. The number of rotatable bonds is 1. The van der Waals surface area contributed by atoms with Gasteiger partial charge in [-0.05, 0) is 6.92 Å². The summed E-state index contributed by atoms with van der Waals surface area (Å²) in [6.07, 6.45) is 1.44. The summed E-state index contributed by atoms with van der Waals surface area (Å²) < 4.78 is 0. The van der Waals surface area contributed by atoms with Gasteiger partial charge in [0.25, 0.3) is 5.91 Å². The van der Waals surface area contributed by atoms with Crippen LogP contribution in [0.4, 0.5) is 0 Å². The maximum absolute atomic E-state index is 10.6. The molecule has 1 aromatic heterocycles. The zero-order chi connectivity index (χ0) is 8.43. The Morgan fingerprint density at radius 1 is 1.73 bits per heavy atom. The number of aromatic nitrogens is 2. The minimum atomic E-state index is -0.664. The van der Waals surface area contributed by atoms with Gasteiger partial charge in [-0.1, -0.05) is 11.6 Å². The molecule has 0 fully saturated rings. The topological polar surface area (TPSA) is 68.9 Å². The molecule has 0 aromatic carbocycles. The van der Waals surface area contributed by atoms with Crippen molar-refractivity contribution in [1.82, 2.24) is 9.97 Å². The molecule has 0 saturated heterocycles. The molecule has 0 atom stereocenters. The van der Waals surface area contributed by atoms with Crippen LogP contribution in [-0.2, 0) is 0 Å². The average Bonchev–Trinajstić information content (AvgIpc) is 1.85. The summed E-state index contributed by atoms with van der Waals surface area (Å²) in [5.74, 6) is -0.664. The number of carbonyl (C=O) groups is 1. The molecule has 1 heterocycles. The van der Waals surface area contributed by atoms with Crippen molar-refractivity contribution in [2.75, 3.05) is 0 Å². The Labute approximate surface area is 68.4 Å². The van der Waals surface area contributed by atoms with Crippen molar-refractivity contribution < 1.29 is 4.79 Å². The van der Waals surface area contributed by atoms with E-state index in [4.69, 9.17) is 17.3 Å². The number of carbonyl (C=O) groups excluding carboxylic acids is 1. The van der Waals surface area contributed by atoms with Crippen molar-refractivity contribution >= 4 is 17.5 Å². The zero-order valence-electron chi connectivity index (χ0n) is 5.84. The van der Waals surface area contributed by atoms with Crippen LogP contribution in [0.15, 0.2) is 6.20 Å². The van der Waals surface area contributed by atoms with Crippen LogP contribution in [0.2, 0.25) is 5.15 Å². The smallest absolute Gasteiger partial charge is 0.270 e. The lowest BCUT2D eigenvalue weighted by Crippen LogP contribution is -2.14. The third kappa shape index (κ3) is 1.65. The van der Waals surface area contributed by atoms with Gasteiger partial charge in [0.15, 0.2) is 10.8 Å². The quantitative estimate of drug-likeness (QED) is 0.671. The van der Waals surface area contributed by atoms with Gasteiger partial charge in [-0.25, -0.2) is 9.97 Å². The van der Waals surface area contributed by atoms with E-state index in [1.807, 2.05) is 0 Å². The number of amides is 1. The van der Waals surface area contributed by atoms with Gasteiger partial charge in [0.2, 0.25) is 0 Å². The number of nitrogens with zero attached hydrogens (tertiary/aromatic N) is 2. The standard InChI is InChI=1S/C6H6ClN3O/c1-3-2-9-4(6(8)11)5(7)10-3/h2H,1H3,(H2,8,11). The molecule has 4 nitrogen and oxygen atoms in total. The zero-order valence-corrected chi connectivity index (χ0v) is 6.59. The van der Waals surface area contributed by atoms with Crippen LogP contribution in [0.3, 0.4) is 0 Å². The minimum absolute atomic E-state index is 0.0114. The Balaban J connectivity index is 3.20. The lowest BCUT2D eigenvalue weighted by molar-refractivity contribution is 0.0995.